The Morgan fingerprint density at radius 3 is 1.33 bits per heavy atom. The van der Waals surface area contributed by atoms with Crippen molar-refractivity contribution in [2.24, 2.45) is 11.5 Å². The van der Waals surface area contributed by atoms with E-state index in [1.54, 1.807) is 0 Å². The first-order chi connectivity index (χ1) is 1.73. The predicted molar refractivity (Wildman–Crippen MR) is 30.6 cm³/mol. The third kappa shape index (κ3) is 4820. The van der Waals surface area contributed by atoms with Crippen LogP contribution in [0, 0.1) is 0 Å². The number of hydrogen-bond acceptors (Lipinski definition) is 1. The molecule has 0 aromatic heterocycles. The number of carbonyl (C=O) groups is 1. The third-order valence-electron chi connectivity index (χ3n) is 0. The van der Waals surface area contributed by atoms with Gasteiger partial charge in [-0.1, -0.05) is 0 Å². The van der Waals surface area contributed by atoms with Gasteiger partial charge in [-0.2, -0.15) is 9.90 Å². The van der Waals surface area contributed by atoms with Crippen LogP contribution < -0.4 is 11.5 Å². The highest BCUT2D eigenvalue weighted by Gasteiger charge is 1.60. The lowest BCUT2D eigenvalue weighted by Gasteiger charge is -1.62. The van der Waals surface area contributed by atoms with Crippen molar-refractivity contribution in [3.05, 3.63) is 0 Å². The number of hydrogen-bond donors (Lipinski definition) is 2. The van der Waals surface area contributed by atoms with Gasteiger partial charge in [-0.3, -0.25) is 0 Å². The van der Waals surface area contributed by atoms with Crippen LogP contribution in [0.3, 0.4) is 0 Å². The second kappa shape index (κ2) is 8.87. The number of amides is 2. The average Bonchev–Trinajstić information content (AvgIpc) is 0.811. The van der Waals surface area contributed by atoms with Gasteiger partial charge in [0.15, 0.2) is 0 Å². The minimum atomic E-state index is -0.833. The van der Waals surface area contributed by atoms with Gasteiger partial charge in [0, 0.05) is 11.0 Å². The first-order valence-corrected chi connectivity index (χ1v) is 0.781. The van der Waals surface area contributed by atoms with Crippen molar-refractivity contribution in [1.29, 1.82) is 0 Å². The molecule has 0 aliphatic heterocycles. The Morgan fingerprint density at radius 2 is 1.33 bits per heavy atom. The number of nitrogens with two attached hydrogens (primary N) is 2. The van der Waals surface area contributed by atoms with Crippen molar-refractivity contribution in [1.82, 2.24) is 0 Å². The van der Waals surface area contributed by atoms with Crippen LogP contribution in [0.1, 0.15) is 0 Å². The van der Waals surface area contributed by atoms with E-state index in [-0.39, 0.29) is 20.9 Å². The summed E-state index contributed by atoms with van der Waals surface area (Å²) in [7, 11) is 0. The molecule has 0 heterocycles. The minimum absolute atomic E-state index is 0. The van der Waals surface area contributed by atoms with Gasteiger partial charge < -0.3 is 11.5 Å². The Kier molecular flexibility index (Phi) is 24.8. The van der Waals surface area contributed by atoms with Crippen LogP contribution in [0.2, 0.25) is 0 Å². The van der Waals surface area contributed by atoms with Crippen molar-refractivity contribution in [3.8, 4) is 0 Å². The zero-order valence-corrected chi connectivity index (χ0v) is 5.68. The first-order valence-electron chi connectivity index (χ1n) is 0.781. The molecule has 0 saturated carbocycles. The maximum absolute atomic E-state index is 9.00. The van der Waals surface area contributed by atoms with Crippen molar-refractivity contribution >= 4 is 26.9 Å². The molecule has 0 aliphatic rings. The second-order valence-corrected chi connectivity index (χ2v) is 0.402. The van der Waals surface area contributed by atoms with Gasteiger partial charge in [0.05, 0.1) is 0 Å². The van der Waals surface area contributed by atoms with E-state index >= 15 is 0 Å². The summed E-state index contributed by atoms with van der Waals surface area (Å²) in [6, 6.07) is -0.833. The summed E-state index contributed by atoms with van der Waals surface area (Å²) in [6.07, 6.45) is 0. The van der Waals surface area contributed by atoms with Crippen LogP contribution in [-0.2, 0) is 0 Å². The minimum Gasteiger partial charge on any atom is -0.352 e. The monoisotopic (exact) mass is 122 g/mol. The molecule has 5 heteroatoms. The van der Waals surface area contributed by atoms with Gasteiger partial charge in [0.25, 0.3) is 0 Å². The largest absolute Gasteiger partial charge is 0.352 e. The molecule has 0 fully saturated rings. The molecule has 0 spiro atoms. The summed E-state index contributed by atoms with van der Waals surface area (Å²) in [6.45, 7) is 0. The fraction of sp³-hybridized carbons (Fsp3) is 0. The quantitative estimate of drug-likeness (QED) is 0.304. The molecule has 4 radical (unpaired) electrons. The lowest BCUT2D eigenvalue weighted by Crippen LogP contribution is -2.18. The molecule has 4 N–H and O–H groups in total. The molecule has 0 saturated heterocycles. The van der Waals surface area contributed by atoms with Crippen LogP contribution in [0.15, 0.2) is 0 Å². The van der Waals surface area contributed by atoms with Crippen molar-refractivity contribution in [2.75, 3.05) is 0 Å². The summed E-state index contributed by atoms with van der Waals surface area (Å²) in [4.78, 5) is 9.00. The molecule has 36 valence electrons. The van der Waals surface area contributed by atoms with Crippen LogP contribution in [-0.4, -0.2) is 17.0 Å². The number of urea groups is 1. The smallest absolute Gasteiger partial charge is 0.309 e. The highest BCUT2D eigenvalue weighted by atomic mass is 31.0. The molecule has 0 aromatic carbocycles. The SMILES string of the molecule is NC(N)=O.P.[Si]. The van der Waals surface area contributed by atoms with Gasteiger partial charge in [-0.05, 0) is 0 Å². The molecule has 0 aliphatic carbocycles. The maximum atomic E-state index is 9.00. The van der Waals surface area contributed by atoms with Crippen molar-refractivity contribution in [3.63, 3.8) is 0 Å². The van der Waals surface area contributed by atoms with E-state index in [2.05, 4.69) is 11.5 Å². The maximum Gasteiger partial charge on any atom is 0.309 e. The molecule has 6 heavy (non-hydrogen) atoms. The van der Waals surface area contributed by atoms with Crippen molar-refractivity contribution in [2.45, 2.75) is 0 Å². The number of carbonyl (C=O) groups excluding carboxylic acids is 1. The van der Waals surface area contributed by atoms with Gasteiger partial charge in [0.1, 0.15) is 0 Å². The highest BCUT2D eigenvalue weighted by Crippen LogP contribution is 1.25. The van der Waals surface area contributed by atoms with E-state index in [1.165, 1.54) is 0 Å². The molecule has 0 rings (SSSR count). The summed E-state index contributed by atoms with van der Waals surface area (Å²) in [5, 5.41) is 0. The molecule has 1 unspecified atom stereocenters. The molecule has 0 bridgehead atoms. The molecule has 0 aromatic rings. The summed E-state index contributed by atoms with van der Waals surface area (Å²) in [5.74, 6) is 0. The fourth-order valence-corrected chi connectivity index (χ4v) is 0. The van der Waals surface area contributed by atoms with Crippen molar-refractivity contribution < 1.29 is 4.79 Å². The standard InChI is InChI=1S/CH4N2O.H3P.Si/c2-1(3)4;;/h(H4,2,3,4);1H3;. The first kappa shape index (κ1) is 16.8. The molecule has 3 nitrogen and oxygen atoms in total. The Hall–Kier alpha value is -0.0831. The number of primary amides is 2. The summed E-state index contributed by atoms with van der Waals surface area (Å²) in [5.41, 5.74) is 8.50. The third-order valence-corrected chi connectivity index (χ3v) is 0. The van der Waals surface area contributed by atoms with Gasteiger partial charge in [-0.25, -0.2) is 4.79 Å². The van der Waals surface area contributed by atoms with Crippen LogP contribution in [0.4, 0.5) is 4.79 Å². The van der Waals surface area contributed by atoms with Gasteiger partial charge in [0.2, 0.25) is 0 Å². The van der Waals surface area contributed by atoms with Crippen LogP contribution in [0.5, 0.6) is 0 Å². The molecule has 2 amide bonds. The van der Waals surface area contributed by atoms with Crippen LogP contribution in [0.25, 0.3) is 0 Å². The summed E-state index contributed by atoms with van der Waals surface area (Å²) >= 11 is 0. The lowest BCUT2D eigenvalue weighted by atomic mass is 11.2. The Morgan fingerprint density at radius 1 is 1.33 bits per heavy atom. The molecular weight excluding hydrogens is 115 g/mol. The Labute approximate surface area is 44.1 Å². The zero-order valence-electron chi connectivity index (χ0n) is 3.27. The van der Waals surface area contributed by atoms with Gasteiger partial charge >= 0.3 is 6.03 Å². The average molecular weight is 122 g/mol. The van der Waals surface area contributed by atoms with E-state index in [1.807, 2.05) is 0 Å². The number of rotatable bonds is 0. The lowest BCUT2D eigenvalue weighted by molar-refractivity contribution is 0.256. The predicted octanol–water partition coefficient (Wildman–Crippen LogP) is -1.30. The van der Waals surface area contributed by atoms with E-state index in [9.17, 15) is 0 Å². The normalized spacial score (nSPS) is 4.00. The van der Waals surface area contributed by atoms with Crippen LogP contribution >= 0.6 is 9.90 Å². The van der Waals surface area contributed by atoms with Gasteiger partial charge in [-0.15, -0.1) is 0 Å². The second-order valence-electron chi connectivity index (χ2n) is 0.402. The van der Waals surface area contributed by atoms with E-state index in [4.69, 9.17) is 4.79 Å². The van der Waals surface area contributed by atoms with E-state index in [0.29, 0.717) is 0 Å². The fourth-order valence-electron chi connectivity index (χ4n) is 0. The zero-order chi connectivity index (χ0) is 3.58. The Balaban J connectivity index is -0.0000000450. The summed E-state index contributed by atoms with van der Waals surface area (Å²) < 4.78 is 0. The highest BCUT2D eigenvalue weighted by molar-refractivity contribution is 6.92. The van der Waals surface area contributed by atoms with E-state index in [0.717, 1.165) is 0 Å². The molecular formula is CH7N2OPSi. The topological polar surface area (TPSA) is 69.1 Å². The van der Waals surface area contributed by atoms with E-state index < -0.39 is 6.03 Å². The molecule has 1 atom stereocenters. The Bertz CT molecular complexity index is 36.5.